The monoisotopic (exact) mass is 470 g/mol. The molecule has 3 heterocycles. The van der Waals surface area contributed by atoms with E-state index in [-0.39, 0.29) is 41.0 Å². The zero-order valence-electron chi connectivity index (χ0n) is 17.3. The van der Waals surface area contributed by atoms with Crippen LogP contribution in [0.5, 0.6) is 0 Å². The summed E-state index contributed by atoms with van der Waals surface area (Å²) in [5.74, 6) is -0.401. The van der Waals surface area contributed by atoms with Crippen molar-refractivity contribution in [3.05, 3.63) is 89.5 Å². The molecule has 0 aliphatic carbocycles. The smallest absolute Gasteiger partial charge is 0.246 e. The molecule has 7 nitrogen and oxygen atoms in total. The van der Waals surface area contributed by atoms with Gasteiger partial charge in [0.15, 0.2) is 0 Å². The van der Waals surface area contributed by atoms with Crippen LogP contribution in [0.15, 0.2) is 78.0 Å². The number of hydrogen-bond donors (Lipinski definition) is 1. The fraction of sp³-hybridized carbons (Fsp3) is 0.261. The molecule has 1 aliphatic rings. The van der Waals surface area contributed by atoms with E-state index in [4.69, 9.17) is 11.6 Å². The summed E-state index contributed by atoms with van der Waals surface area (Å²) in [6, 6.07) is 17.9. The highest BCUT2D eigenvalue weighted by molar-refractivity contribution is 7.89. The fourth-order valence-electron chi connectivity index (χ4n) is 3.84. The first-order valence-corrected chi connectivity index (χ1v) is 12.2. The van der Waals surface area contributed by atoms with Crippen LogP contribution >= 0.6 is 11.6 Å². The second-order valence-electron chi connectivity index (χ2n) is 7.58. The highest BCUT2D eigenvalue weighted by Gasteiger charge is 2.34. The Kier molecular flexibility index (Phi) is 6.83. The average molecular weight is 471 g/mol. The maximum absolute atomic E-state index is 13.1. The Labute approximate surface area is 192 Å². The summed E-state index contributed by atoms with van der Waals surface area (Å²) >= 11 is 5.99. The lowest BCUT2D eigenvalue weighted by Crippen LogP contribution is -2.44. The Hall–Kier alpha value is -2.81. The Morgan fingerprint density at radius 1 is 0.969 bits per heavy atom. The zero-order chi connectivity index (χ0) is 22.6. The molecule has 3 aromatic rings. The van der Waals surface area contributed by atoms with Crippen molar-refractivity contribution in [2.45, 2.75) is 23.8 Å². The van der Waals surface area contributed by atoms with Gasteiger partial charge in [0, 0.05) is 31.4 Å². The maximum atomic E-state index is 13.1. The third-order valence-corrected chi connectivity index (χ3v) is 7.91. The van der Waals surface area contributed by atoms with Gasteiger partial charge in [-0.3, -0.25) is 9.78 Å². The van der Waals surface area contributed by atoms with Crippen LogP contribution in [-0.2, 0) is 14.8 Å². The van der Waals surface area contributed by atoms with E-state index >= 15 is 0 Å². The van der Waals surface area contributed by atoms with Crippen LogP contribution in [0.2, 0.25) is 5.15 Å². The van der Waals surface area contributed by atoms with Crippen LogP contribution in [0.1, 0.15) is 30.1 Å². The second-order valence-corrected chi connectivity index (χ2v) is 9.84. The molecule has 9 heteroatoms. The first-order chi connectivity index (χ1) is 15.5. The number of halogens is 1. The number of sulfonamides is 1. The van der Waals surface area contributed by atoms with E-state index in [1.54, 1.807) is 12.3 Å². The Bertz CT molecular complexity index is 1130. The maximum Gasteiger partial charge on any atom is 0.246 e. The molecular formula is C23H23ClN4O3S. The number of piperidine rings is 1. The molecule has 0 radical (unpaired) electrons. The second kappa shape index (κ2) is 9.77. The van der Waals surface area contributed by atoms with Crippen LogP contribution in [-0.4, -0.2) is 41.7 Å². The normalized spacial score (nSPS) is 16.4. The predicted octanol–water partition coefficient (Wildman–Crippen LogP) is 3.44. The Morgan fingerprint density at radius 3 is 2.31 bits per heavy atom. The molecule has 1 aliphatic heterocycles. The van der Waals surface area contributed by atoms with Crippen molar-refractivity contribution in [2.24, 2.45) is 5.92 Å². The van der Waals surface area contributed by atoms with Gasteiger partial charge < -0.3 is 5.32 Å². The summed E-state index contributed by atoms with van der Waals surface area (Å²) < 4.78 is 27.2. The number of benzene rings is 1. The third kappa shape index (κ3) is 4.82. The largest absolute Gasteiger partial charge is 0.343 e. The predicted molar refractivity (Wildman–Crippen MR) is 121 cm³/mol. The van der Waals surface area contributed by atoms with E-state index in [1.807, 2.05) is 48.5 Å². The van der Waals surface area contributed by atoms with Crippen molar-refractivity contribution in [2.75, 3.05) is 13.1 Å². The van der Waals surface area contributed by atoms with Gasteiger partial charge >= 0.3 is 0 Å². The van der Waals surface area contributed by atoms with Crippen LogP contribution in [0, 0.1) is 5.92 Å². The van der Waals surface area contributed by atoms with Crippen LogP contribution in [0.3, 0.4) is 0 Å². The van der Waals surface area contributed by atoms with E-state index in [0.29, 0.717) is 12.8 Å². The lowest BCUT2D eigenvalue weighted by Gasteiger charge is -2.31. The molecule has 0 bridgehead atoms. The first-order valence-electron chi connectivity index (χ1n) is 10.3. The fourth-order valence-corrected chi connectivity index (χ4v) is 5.74. The molecule has 32 heavy (non-hydrogen) atoms. The zero-order valence-corrected chi connectivity index (χ0v) is 18.8. The van der Waals surface area contributed by atoms with Gasteiger partial charge in [0.1, 0.15) is 10.0 Å². The molecule has 1 unspecified atom stereocenters. The lowest BCUT2D eigenvalue weighted by molar-refractivity contribution is -0.126. The van der Waals surface area contributed by atoms with Gasteiger partial charge in [-0.25, -0.2) is 13.4 Å². The molecule has 1 saturated heterocycles. The Balaban J connectivity index is 1.45. The van der Waals surface area contributed by atoms with Crippen molar-refractivity contribution in [3.8, 4) is 0 Å². The van der Waals surface area contributed by atoms with Crippen molar-refractivity contribution in [3.63, 3.8) is 0 Å². The number of pyridine rings is 2. The van der Waals surface area contributed by atoms with E-state index in [0.717, 1.165) is 11.3 Å². The number of carbonyl (C=O) groups excluding carboxylic acids is 1. The van der Waals surface area contributed by atoms with Gasteiger partial charge in [-0.05, 0) is 42.7 Å². The third-order valence-electron chi connectivity index (χ3n) is 5.57. The van der Waals surface area contributed by atoms with Gasteiger partial charge in [-0.2, -0.15) is 4.31 Å². The molecule has 1 fully saturated rings. The molecule has 166 valence electrons. The molecule has 1 atom stereocenters. The molecule has 4 rings (SSSR count). The van der Waals surface area contributed by atoms with Gasteiger partial charge in [-0.15, -0.1) is 0 Å². The molecule has 0 saturated carbocycles. The summed E-state index contributed by atoms with van der Waals surface area (Å²) in [6.07, 6.45) is 3.99. The van der Waals surface area contributed by atoms with Crippen molar-refractivity contribution in [1.82, 2.24) is 19.6 Å². The van der Waals surface area contributed by atoms with Crippen LogP contribution in [0.25, 0.3) is 0 Å². The average Bonchev–Trinajstić information content (AvgIpc) is 2.84. The van der Waals surface area contributed by atoms with Crippen molar-refractivity contribution in [1.29, 1.82) is 0 Å². The SMILES string of the molecule is O=C(NC(c1ccccc1)c1ccccn1)C1CCN(S(=O)(=O)c2cccnc2Cl)CC1. The van der Waals surface area contributed by atoms with Crippen LogP contribution in [0.4, 0.5) is 0 Å². The number of aromatic nitrogens is 2. The number of nitrogens with zero attached hydrogens (tertiary/aromatic N) is 3. The van der Waals surface area contributed by atoms with Gasteiger partial charge in [0.25, 0.3) is 0 Å². The minimum Gasteiger partial charge on any atom is -0.343 e. The highest BCUT2D eigenvalue weighted by atomic mass is 35.5. The summed E-state index contributed by atoms with van der Waals surface area (Å²) in [5.41, 5.74) is 1.68. The summed E-state index contributed by atoms with van der Waals surface area (Å²) in [7, 11) is -3.75. The number of rotatable bonds is 6. The van der Waals surface area contributed by atoms with E-state index in [9.17, 15) is 13.2 Å². The molecule has 0 spiro atoms. The van der Waals surface area contributed by atoms with Crippen LogP contribution < -0.4 is 5.32 Å². The van der Waals surface area contributed by atoms with Gasteiger partial charge in [0.2, 0.25) is 15.9 Å². The summed E-state index contributed by atoms with van der Waals surface area (Å²) in [4.78, 5) is 21.4. The minimum atomic E-state index is -3.75. The van der Waals surface area contributed by atoms with Crippen molar-refractivity contribution >= 4 is 27.5 Å². The number of nitrogens with one attached hydrogen (secondary N) is 1. The first kappa shape index (κ1) is 22.4. The van der Waals surface area contributed by atoms with Crippen molar-refractivity contribution < 1.29 is 13.2 Å². The summed E-state index contributed by atoms with van der Waals surface area (Å²) in [5, 5.41) is 3.07. The van der Waals surface area contributed by atoms with Gasteiger partial charge in [0.05, 0.1) is 11.7 Å². The standard InChI is InChI=1S/C23H23ClN4O3S/c24-22-20(10-6-14-26-22)32(30,31)28-15-11-18(12-16-28)23(29)27-21(17-7-2-1-3-8-17)19-9-4-5-13-25-19/h1-10,13-14,18,21H,11-12,15-16H2,(H,27,29). The minimum absolute atomic E-state index is 0.0103. The Morgan fingerprint density at radius 2 is 1.66 bits per heavy atom. The number of amides is 1. The topological polar surface area (TPSA) is 92.3 Å². The molecule has 2 aromatic heterocycles. The van der Waals surface area contributed by atoms with E-state index < -0.39 is 10.0 Å². The van der Waals surface area contributed by atoms with Gasteiger partial charge in [-0.1, -0.05) is 48.0 Å². The highest BCUT2D eigenvalue weighted by Crippen LogP contribution is 2.28. The van der Waals surface area contributed by atoms with E-state index in [1.165, 1.54) is 16.6 Å². The molecule has 1 amide bonds. The van der Waals surface area contributed by atoms with E-state index in [2.05, 4.69) is 15.3 Å². The molecular weight excluding hydrogens is 448 g/mol. The molecule has 1 N–H and O–H groups in total. The summed E-state index contributed by atoms with van der Waals surface area (Å²) in [6.45, 7) is 0.483. The quantitative estimate of drug-likeness (QED) is 0.557. The number of hydrogen-bond acceptors (Lipinski definition) is 5. The number of carbonyl (C=O) groups is 1. The molecule has 1 aromatic carbocycles. The lowest BCUT2D eigenvalue weighted by atomic mass is 9.95.